The lowest BCUT2D eigenvalue weighted by molar-refractivity contribution is -0.136. The Labute approximate surface area is 82.5 Å². The van der Waals surface area contributed by atoms with E-state index in [2.05, 4.69) is 0 Å². The van der Waals surface area contributed by atoms with Gasteiger partial charge in [0.05, 0.1) is 6.42 Å². The summed E-state index contributed by atoms with van der Waals surface area (Å²) in [6.07, 6.45) is -0.129. The van der Waals surface area contributed by atoms with Crippen LogP contribution in [0.25, 0.3) is 0 Å². The van der Waals surface area contributed by atoms with Gasteiger partial charge in [0, 0.05) is 3.57 Å². The lowest BCUT2D eigenvalue weighted by Crippen LogP contribution is -2.02. The van der Waals surface area contributed by atoms with Gasteiger partial charge in [0.25, 0.3) is 0 Å². The topological polar surface area (TPSA) is 37.3 Å². The molecule has 64 valence electrons. The van der Waals surface area contributed by atoms with Gasteiger partial charge in [-0.05, 0) is 46.4 Å². The molecule has 0 amide bonds. The minimum atomic E-state index is -0.946. The van der Waals surface area contributed by atoms with Gasteiger partial charge >= 0.3 is 5.97 Å². The van der Waals surface area contributed by atoms with Crippen LogP contribution in [0.2, 0.25) is 0 Å². The largest absolute Gasteiger partial charge is 0.481 e. The molecule has 0 heterocycles. The lowest BCUT2D eigenvalue weighted by Gasteiger charge is -2.00. The summed E-state index contributed by atoms with van der Waals surface area (Å²) < 4.78 is 13.4. The number of carbonyl (C=O) groups is 1. The second-order valence-electron chi connectivity index (χ2n) is 2.31. The van der Waals surface area contributed by atoms with Gasteiger partial charge in [0.2, 0.25) is 0 Å². The molecule has 0 aliphatic carbocycles. The van der Waals surface area contributed by atoms with Gasteiger partial charge in [-0.3, -0.25) is 4.79 Å². The Morgan fingerprint density at radius 1 is 1.58 bits per heavy atom. The van der Waals surface area contributed by atoms with Crippen molar-refractivity contribution in [2.24, 2.45) is 0 Å². The van der Waals surface area contributed by atoms with E-state index in [0.29, 0.717) is 5.56 Å². The minimum absolute atomic E-state index is 0.129. The third kappa shape index (κ3) is 2.44. The highest BCUT2D eigenvalue weighted by Crippen LogP contribution is 2.14. The normalized spacial score (nSPS) is 9.83. The number of carboxylic acids is 1. The Balaban J connectivity index is 2.97. The predicted molar refractivity (Wildman–Crippen MR) is 50.5 cm³/mol. The molecular formula is C8H6FIO2. The monoisotopic (exact) mass is 280 g/mol. The van der Waals surface area contributed by atoms with Crippen LogP contribution < -0.4 is 0 Å². The summed E-state index contributed by atoms with van der Waals surface area (Å²) in [6, 6.07) is 4.12. The molecule has 2 nitrogen and oxygen atoms in total. The van der Waals surface area contributed by atoms with Gasteiger partial charge in [-0.25, -0.2) is 4.39 Å². The number of rotatable bonds is 2. The maximum absolute atomic E-state index is 12.6. The van der Waals surface area contributed by atoms with E-state index in [1.54, 1.807) is 6.07 Å². The van der Waals surface area contributed by atoms with Gasteiger partial charge in [-0.1, -0.05) is 0 Å². The van der Waals surface area contributed by atoms with E-state index in [4.69, 9.17) is 5.11 Å². The Bertz CT molecular complexity index is 312. The molecule has 1 rings (SSSR count). The first kappa shape index (κ1) is 9.44. The third-order valence-corrected chi connectivity index (χ3v) is 2.40. The first-order chi connectivity index (χ1) is 5.59. The van der Waals surface area contributed by atoms with E-state index in [1.165, 1.54) is 12.1 Å². The average Bonchev–Trinajstić information content (AvgIpc) is 1.96. The first-order valence-corrected chi connectivity index (χ1v) is 4.33. The van der Waals surface area contributed by atoms with Crippen LogP contribution in [-0.2, 0) is 11.2 Å². The number of hydrogen-bond donors (Lipinski definition) is 1. The third-order valence-electron chi connectivity index (χ3n) is 1.35. The minimum Gasteiger partial charge on any atom is -0.481 e. The number of hydrogen-bond acceptors (Lipinski definition) is 1. The average molecular weight is 280 g/mol. The lowest BCUT2D eigenvalue weighted by atomic mass is 10.1. The van der Waals surface area contributed by atoms with Crippen molar-refractivity contribution in [3.63, 3.8) is 0 Å². The zero-order valence-corrected chi connectivity index (χ0v) is 8.21. The fourth-order valence-electron chi connectivity index (χ4n) is 0.842. The van der Waals surface area contributed by atoms with E-state index in [-0.39, 0.29) is 6.42 Å². The SMILES string of the molecule is O=C(O)Cc1cc(F)ccc1I. The van der Waals surface area contributed by atoms with Crippen LogP contribution in [0, 0.1) is 9.39 Å². The Morgan fingerprint density at radius 2 is 2.25 bits per heavy atom. The molecule has 1 aromatic carbocycles. The number of benzene rings is 1. The van der Waals surface area contributed by atoms with Gasteiger partial charge in [0.1, 0.15) is 5.82 Å². The van der Waals surface area contributed by atoms with Crippen LogP contribution in [0.1, 0.15) is 5.56 Å². The molecule has 1 N–H and O–H groups in total. The zero-order chi connectivity index (χ0) is 9.14. The molecule has 0 spiro atoms. The van der Waals surface area contributed by atoms with Crippen LogP contribution in [0.3, 0.4) is 0 Å². The summed E-state index contributed by atoms with van der Waals surface area (Å²) in [5.41, 5.74) is 0.517. The number of aliphatic carboxylic acids is 1. The van der Waals surface area contributed by atoms with Gasteiger partial charge < -0.3 is 5.11 Å². The molecule has 0 fully saturated rings. The Hall–Kier alpha value is -0.650. The van der Waals surface area contributed by atoms with Crippen LogP contribution in [0.5, 0.6) is 0 Å². The van der Waals surface area contributed by atoms with Gasteiger partial charge in [-0.2, -0.15) is 0 Å². The maximum Gasteiger partial charge on any atom is 0.307 e. The fourth-order valence-corrected chi connectivity index (χ4v) is 1.37. The van der Waals surface area contributed by atoms with E-state index < -0.39 is 11.8 Å². The van der Waals surface area contributed by atoms with Crippen molar-refractivity contribution in [2.75, 3.05) is 0 Å². The zero-order valence-electron chi connectivity index (χ0n) is 6.05. The molecule has 0 saturated carbocycles. The standard InChI is InChI=1S/C8H6FIO2/c9-6-1-2-7(10)5(3-6)4-8(11)12/h1-3H,4H2,(H,11,12). The van der Waals surface area contributed by atoms with E-state index in [1.807, 2.05) is 22.6 Å². The van der Waals surface area contributed by atoms with E-state index in [9.17, 15) is 9.18 Å². The Kier molecular flexibility index (Phi) is 3.02. The highest BCUT2D eigenvalue weighted by atomic mass is 127. The first-order valence-electron chi connectivity index (χ1n) is 3.25. The summed E-state index contributed by atoms with van der Waals surface area (Å²) in [4.78, 5) is 10.3. The number of carboxylic acid groups (broad SMARTS) is 1. The van der Waals surface area contributed by atoms with Crippen molar-refractivity contribution in [1.82, 2.24) is 0 Å². The summed E-state index contributed by atoms with van der Waals surface area (Å²) in [6.45, 7) is 0. The molecular weight excluding hydrogens is 274 g/mol. The molecule has 0 atom stereocenters. The molecule has 0 aliphatic rings. The van der Waals surface area contributed by atoms with Crippen molar-refractivity contribution in [2.45, 2.75) is 6.42 Å². The van der Waals surface area contributed by atoms with Crippen LogP contribution in [0.4, 0.5) is 4.39 Å². The second-order valence-corrected chi connectivity index (χ2v) is 3.47. The quantitative estimate of drug-likeness (QED) is 0.842. The number of halogens is 2. The Morgan fingerprint density at radius 3 is 2.83 bits per heavy atom. The van der Waals surface area contributed by atoms with Crippen molar-refractivity contribution >= 4 is 28.6 Å². The van der Waals surface area contributed by atoms with E-state index in [0.717, 1.165) is 3.57 Å². The summed E-state index contributed by atoms with van der Waals surface area (Å²) in [5, 5.41) is 8.46. The molecule has 12 heavy (non-hydrogen) atoms. The molecule has 0 saturated heterocycles. The van der Waals surface area contributed by atoms with Crippen LogP contribution in [-0.4, -0.2) is 11.1 Å². The smallest absolute Gasteiger partial charge is 0.307 e. The van der Waals surface area contributed by atoms with Crippen LogP contribution >= 0.6 is 22.6 Å². The molecule has 0 unspecified atom stereocenters. The summed E-state index contributed by atoms with van der Waals surface area (Å²) >= 11 is 1.98. The second kappa shape index (κ2) is 3.84. The molecule has 0 radical (unpaired) electrons. The molecule has 1 aromatic rings. The molecule has 4 heteroatoms. The molecule has 0 bridgehead atoms. The van der Waals surface area contributed by atoms with Crippen molar-refractivity contribution in [3.8, 4) is 0 Å². The maximum atomic E-state index is 12.6. The molecule has 0 aromatic heterocycles. The summed E-state index contributed by atoms with van der Waals surface area (Å²) in [5.74, 6) is -1.34. The highest BCUT2D eigenvalue weighted by molar-refractivity contribution is 14.1. The van der Waals surface area contributed by atoms with E-state index >= 15 is 0 Å². The highest BCUT2D eigenvalue weighted by Gasteiger charge is 2.05. The fraction of sp³-hybridized carbons (Fsp3) is 0.125. The molecule has 0 aliphatic heterocycles. The van der Waals surface area contributed by atoms with Gasteiger partial charge in [-0.15, -0.1) is 0 Å². The van der Waals surface area contributed by atoms with Crippen molar-refractivity contribution < 1.29 is 14.3 Å². The van der Waals surface area contributed by atoms with Crippen molar-refractivity contribution in [3.05, 3.63) is 33.1 Å². The van der Waals surface area contributed by atoms with Gasteiger partial charge in [0.15, 0.2) is 0 Å². The predicted octanol–water partition coefficient (Wildman–Crippen LogP) is 2.06. The summed E-state index contributed by atoms with van der Waals surface area (Å²) in [7, 11) is 0. The van der Waals surface area contributed by atoms with Crippen LogP contribution in [0.15, 0.2) is 18.2 Å². The van der Waals surface area contributed by atoms with Crippen molar-refractivity contribution in [1.29, 1.82) is 0 Å².